The number of aryl methyl sites for hydroxylation is 2. The van der Waals surface area contributed by atoms with E-state index in [-0.39, 0.29) is 11.5 Å². The van der Waals surface area contributed by atoms with Crippen LogP contribution >= 0.6 is 11.3 Å². The third kappa shape index (κ3) is 3.12. The van der Waals surface area contributed by atoms with Gasteiger partial charge >= 0.3 is 0 Å². The predicted molar refractivity (Wildman–Crippen MR) is 95.4 cm³/mol. The topological polar surface area (TPSA) is 92.7 Å². The monoisotopic (exact) mass is 355 g/mol. The fraction of sp³-hybridized carbons (Fsp3) is 0.294. The zero-order chi connectivity index (χ0) is 17.4. The van der Waals surface area contributed by atoms with Gasteiger partial charge in [-0.05, 0) is 37.6 Å². The van der Waals surface area contributed by atoms with Crippen molar-refractivity contribution in [2.24, 2.45) is 0 Å². The molecule has 0 spiro atoms. The average Bonchev–Trinajstić information content (AvgIpc) is 3.28. The third-order valence-corrected chi connectivity index (χ3v) is 5.02. The summed E-state index contributed by atoms with van der Waals surface area (Å²) >= 11 is 1.54. The zero-order valence-corrected chi connectivity index (χ0v) is 14.5. The molecular formula is C17H17N5O2S. The minimum absolute atomic E-state index is 0.124. The van der Waals surface area contributed by atoms with Crippen LogP contribution in [0.3, 0.4) is 0 Å². The van der Waals surface area contributed by atoms with E-state index in [1.165, 1.54) is 16.0 Å². The van der Waals surface area contributed by atoms with Crippen molar-refractivity contribution in [2.75, 3.05) is 5.32 Å². The smallest absolute Gasteiger partial charge is 0.255 e. The lowest BCUT2D eigenvalue weighted by Crippen LogP contribution is -2.21. The molecule has 128 valence electrons. The van der Waals surface area contributed by atoms with Crippen LogP contribution < -0.4 is 10.9 Å². The standard InChI is InChI=1S/C17H17N5O2S/c1-10-8-14(19-15(23)9-11-4-3-7-25-11)22(21-10)17-18-13-6-2-5-12(13)16(24)20-17/h3-4,7-8H,2,5-6,9H2,1H3,(H,19,23)(H,18,20,24). The Hall–Kier alpha value is -2.74. The Bertz CT molecular complexity index is 987. The summed E-state index contributed by atoms with van der Waals surface area (Å²) in [5, 5.41) is 9.17. The maximum atomic E-state index is 12.3. The third-order valence-electron chi connectivity index (χ3n) is 4.14. The lowest BCUT2D eigenvalue weighted by Gasteiger charge is -2.09. The number of amides is 1. The number of H-pyrrole nitrogens is 1. The van der Waals surface area contributed by atoms with E-state index < -0.39 is 0 Å². The summed E-state index contributed by atoms with van der Waals surface area (Å²) < 4.78 is 1.49. The number of hydrogen-bond donors (Lipinski definition) is 2. The molecule has 0 aliphatic heterocycles. The number of aromatic amines is 1. The lowest BCUT2D eigenvalue weighted by molar-refractivity contribution is -0.115. The van der Waals surface area contributed by atoms with Gasteiger partial charge in [-0.2, -0.15) is 9.78 Å². The Morgan fingerprint density at radius 2 is 2.32 bits per heavy atom. The van der Waals surface area contributed by atoms with E-state index in [4.69, 9.17) is 0 Å². The number of fused-ring (bicyclic) bond motifs is 1. The van der Waals surface area contributed by atoms with Crippen LogP contribution in [-0.2, 0) is 24.1 Å². The van der Waals surface area contributed by atoms with Crippen molar-refractivity contribution < 1.29 is 4.79 Å². The summed E-state index contributed by atoms with van der Waals surface area (Å²) in [5.74, 6) is 0.706. The molecule has 0 atom stereocenters. The molecule has 1 aliphatic carbocycles. The first-order valence-electron chi connectivity index (χ1n) is 8.11. The maximum Gasteiger partial charge on any atom is 0.255 e. The van der Waals surface area contributed by atoms with Crippen LogP contribution in [0.2, 0.25) is 0 Å². The Morgan fingerprint density at radius 3 is 3.12 bits per heavy atom. The summed E-state index contributed by atoms with van der Waals surface area (Å²) in [5.41, 5.74) is 2.19. The summed E-state index contributed by atoms with van der Waals surface area (Å²) in [7, 11) is 0. The first-order valence-corrected chi connectivity index (χ1v) is 8.99. The van der Waals surface area contributed by atoms with E-state index in [1.807, 2.05) is 24.4 Å². The second-order valence-corrected chi connectivity index (χ2v) is 7.09. The summed E-state index contributed by atoms with van der Waals surface area (Å²) in [4.78, 5) is 32.8. The van der Waals surface area contributed by atoms with Gasteiger partial charge in [0.25, 0.3) is 5.56 Å². The van der Waals surface area contributed by atoms with Gasteiger partial charge < -0.3 is 5.32 Å². The molecular weight excluding hydrogens is 338 g/mol. The molecule has 0 unspecified atom stereocenters. The van der Waals surface area contributed by atoms with E-state index in [9.17, 15) is 9.59 Å². The number of rotatable bonds is 4. The maximum absolute atomic E-state index is 12.3. The summed E-state index contributed by atoms with van der Waals surface area (Å²) in [6.07, 6.45) is 2.81. The van der Waals surface area contributed by atoms with Crippen LogP contribution in [0.4, 0.5) is 5.82 Å². The molecule has 0 bridgehead atoms. The summed E-state index contributed by atoms with van der Waals surface area (Å²) in [6, 6.07) is 5.60. The molecule has 3 aromatic rings. The van der Waals surface area contributed by atoms with Crippen LogP contribution in [0, 0.1) is 6.92 Å². The van der Waals surface area contributed by atoms with Gasteiger partial charge in [0.2, 0.25) is 11.9 Å². The van der Waals surface area contributed by atoms with Gasteiger partial charge in [-0.3, -0.25) is 14.6 Å². The molecule has 1 amide bonds. The number of aromatic nitrogens is 4. The molecule has 3 heterocycles. The Labute approximate surface area is 147 Å². The van der Waals surface area contributed by atoms with E-state index in [1.54, 1.807) is 6.07 Å². The van der Waals surface area contributed by atoms with Gasteiger partial charge in [-0.15, -0.1) is 11.3 Å². The van der Waals surface area contributed by atoms with Gasteiger partial charge in [-0.25, -0.2) is 4.98 Å². The zero-order valence-electron chi connectivity index (χ0n) is 13.7. The van der Waals surface area contributed by atoms with Gasteiger partial charge in [-0.1, -0.05) is 6.07 Å². The molecule has 0 aromatic carbocycles. The van der Waals surface area contributed by atoms with Crippen molar-refractivity contribution in [1.29, 1.82) is 0 Å². The van der Waals surface area contributed by atoms with Gasteiger partial charge in [0, 0.05) is 16.5 Å². The largest absolute Gasteiger partial charge is 0.310 e. The van der Waals surface area contributed by atoms with Gasteiger partial charge in [0.1, 0.15) is 5.82 Å². The van der Waals surface area contributed by atoms with Crippen molar-refractivity contribution >= 4 is 23.1 Å². The van der Waals surface area contributed by atoms with Gasteiger partial charge in [0.05, 0.1) is 17.8 Å². The number of carbonyl (C=O) groups excluding carboxylic acids is 1. The molecule has 4 rings (SSSR count). The average molecular weight is 355 g/mol. The minimum atomic E-state index is -0.132. The van der Waals surface area contributed by atoms with Crippen molar-refractivity contribution in [2.45, 2.75) is 32.6 Å². The number of nitrogens with one attached hydrogen (secondary N) is 2. The van der Waals surface area contributed by atoms with E-state index in [2.05, 4.69) is 20.4 Å². The van der Waals surface area contributed by atoms with Crippen LogP contribution in [0.15, 0.2) is 28.4 Å². The fourth-order valence-electron chi connectivity index (χ4n) is 3.04. The normalized spacial score (nSPS) is 13.0. The van der Waals surface area contributed by atoms with Crippen molar-refractivity contribution in [3.05, 3.63) is 55.8 Å². The molecule has 8 heteroatoms. The molecule has 0 radical (unpaired) electrons. The highest BCUT2D eigenvalue weighted by Crippen LogP contribution is 2.19. The Balaban J connectivity index is 1.64. The van der Waals surface area contributed by atoms with Crippen molar-refractivity contribution in [3.8, 4) is 5.95 Å². The van der Waals surface area contributed by atoms with Crippen LogP contribution in [0.1, 0.15) is 28.2 Å². The molecule has 25 heavy (non-hydrogen) atoms. The quantitative estimate of drug-likeness (QED) is 0.749. The van der Waals surface area contributed by atoms with Crippen molar-refractivity contribution in [3.63, 3.8) is 0 Å². The molecule has 0 saturated carbocycles. The molecule has 2 N–H and O–H groups in total. The first kappa shape index (κ1) is 15.8. The van der Waals surface area contributed by atoms with E-state index >= 15 is 0 Å². The number of thiophene rings is 1. The Morgan fingerprint density at radius 1 is 1.44 bits per heavy atom. The lowest BCUT2D eigenvalue weighted by atomic mass is 10.3. The highest BCUT2D eigenvalue weighted by atomic mass is 32.1. The number of carbonyl (C=O) groups is 1. The number of hydrogen-bond acceptors (Lipinski definition) is 5. The van der Waals surface area contributed by atoms with E-state index in [0.29, 0.717) is 18.2 Å². The second-order valence-electron chi connectivity index (χ2n) is 6.06. The molecule has 0 saturated heterocycles. The van der Waals surface area contributed by atoms with Gasteiger partial charge in [0.15, 0.2) is 0 Å². The number of nitrogens with zero attached hydrogens (tertiary/aromatic N) is 3. The van der Waals surface area contributed by atoms with E-state index in [0.717, 1.165) is 41.1 Å². The number of anilines is 1. The highest BCUT2D eigenvalue weighted by Gasteiger charge is 2.20. The molecule has 0 fully saturated rings. The van der Waals surface area contributed by atoms with Crippen LogP contribution in [-0.4, -0.2) is 25.7 Å². The molecule has 3 aromatic heterocycles. The summed E-state index contributed by atoms with van der Waals surface area (Å²) in [6.45, 7) is 1.83. The van der Waals surface area contributed by atoms with Crippen LogP contribution in [0.5, 0.6) is 0 Å². The highest BCUT2D eigenvalue weighted by molar-refractivity contribution is 7.10. The second kappa shape index (κ2) is 6.29. The first-order chi connectivity index (χ1) is 12.1. The fourth-order valence-corrected chi connectivity index (χ4v) is 3.74. The molecule has 1 aliphatic rings. The van der Waals surface area contributed by atoms with Crippen molar-refractivity contribution in [1.82, 2.24) is 19.7 Å². The Kier molecular flexibility index (Phi) is 3.96. The minimum Gasteiger partial charge on any atom is -0.310 e. The van der Waals surface area contributed by atoms with Crippen LogP contribution in [0.25, 0.3) is 5.95 Å². The SMILES string of the molecule is Cc1cc(NC(=O)Cc2cccs2)n(-c2nc3c(c(=O)[nH]2)CCC3)n1. The predicted octanol–water partition coefficient (Wildman–Crippen LogP) is 2.00. The molecule has 7 nitrogen and oxygen atoms in total.